The van der Waals surface area contributed by atoms with Gasteiger partial charge >= 0.3 is 0 Å². The van der Waals surface area contributed by atoms with Crippen LogP contribution in [0.4, 0.5) is 0 Å². The van der Waals surface area contributed by atoms with Gasteiger partial charge in [-0.1, -0.05) is 68.5 Å². The van der Waals surface area contributed by atoms with Crippen molar-refractivity contribution in [2.24, 2.45) is 22.7 Å². The van der Waals surface area contributed by atoms with Crippen molar-refractivity contribution >= 4 is 11.4 Å². The first-order valence-corrected chi connectivity index (χ1v) is 14.9. The SMILES string of the molecule is CC1C(C2=C=CC=C2)=NC(c2ccccc2O)=CC(N2CC=CC3=C(CC4=C2C=CCC4)OC2C=CC=CC32)C1C. The molecule has 5 unspecified atom stereocenters. The lowest BCUT2D eigenvalue weighted by Gasteiger charge is -2.39. The first kappa shape index (κ1) is 25.7. The van der Waals surface area contributed by atoms with Crippen molar-refractivity contribution in [1.82, 2.24) is 4.90 Å². The molecule has 206 valence electrons. The number of rotatable bonds is 3. The Morgan fingerprint density at radius 1 is 1.02 bits per heavy atom. The molecule has 5 atom stereocenters. The van der Waals surface area contributed by atoms with Gasteiger partial charge in [-0.3, -0.25) is 4.99 Å². The van der Waals surface area contributed by atoms with Crippen molar-refractivity contribution in [2.75, 3.05) is 6.54 Å². The molecule has 1 aromatic rings. The largest absolute Gasteiger partial charge is 0.507 e. The molecule has 3 aliphatic heterocycles. The third kappa shape index (κ3) is 4.63. The summed E-state index contributed by atoms with van der Waals surface area (Å²) in [4.78, 5) is 7.81. The van der Waals surface area contributed by atoms with E-state index in [2.05, 4.69) is 85.2 Å². The van der Waals surface area contributed by atoms with Crippen molar-refractivity contribution in [2.45, 2.75) is 45.3 Å². The first-order chi connectivity index (χ1) is 20.1. The zero-order valence-electron chi connectivity index (χ0n) is 23.7. The molecular weight excluding hydrogens is 504 g/mol. The average Bonchev–Trinajstić information content (AvgIpc) is 3.63. The normalized spacial score (nSPS) is 30.0. The molecule has 0 saturated heterocycles. The van der Waals surface area contributed by atoms with Gasteiger partial charge in [0, 0.05) is 47.2 Å². The molecule has 6 aliphatic rings. The number of ether oxygens (including phenoxy) is 1. The second-order valence-electron chi connectivity index (χ2n) is 11.7. The van der Waals surface area contributed by atoms with Crippen molar-refractivity contribution in [1.29, 1.82) is 0 Å². The predicted octanol–water partition coefficient (Wildman–Crippen LogP) is 7.74. The van der Waals surface area contributed by atoms with Crippen molar-refractivity contribution < 1.29 is 9.84 Å². The van der Waals surface area contributed by atoms with E-state index in [1.807, 2.05) is 30.4 Å². The number of benzene rings is 1. The number of allylic oxidation sites excluding steroid dienone is 9. The van der Waals surface area contributed by atoms with Crippen LogP contribution in [0, 0.1) is 17.8 Å². The van der Waals surface area contributed by atoms with Gasteiger partial charge in [0.15, 0.2) is 0 Å². The highest BCUT2D eigenvalue weighted by Gasteiger charge is 2.37. The Bertz CT molecular complexity index is 1610. The van der Waals surface area contributed by atoms with E-state index < -0.39 is 0 Å². The summed E-state index contributed by atoms with van der Waals surface area (Å²) in [6.45, 7) is 5.40. The Balaban J connectivity index is 1.33. The number of hydrogen-bond acceptors (Lipinski definition) is 4. The number of phenols is 1. The van der Waals surface area contributed by atoms with Crippen molar-refractivity contribution in [3.8, 4) is 5.75 Å². The molecule has 4 nitrogen and oxygen atoms in total. The smallest absolute Gasteiger partial charge is 0.127 e. The summed E-state index contributed by atoms with van der Waals surface area (Å²) in [5, 5.41) is 10.9. The maximum atomic E-state index is 10.9. The van der Waals surface area contributed by atoms with Crippen LogP contribution >= 0.6 is 0 Å². The van der Waals surface area contributed by atoms with Crippen LogP contribution in [-0.2, 0) is 4.74 Å². The quantitative estimate of drug-likeness (QED) is 0.399. The fourth-order valence-corrected chi connectivity index (χ4v) is 6.93. The second-order valence-corrected chi connectivity index (χ2v) is 11.7. The van der Waals surface area contributed by atoms with Gasteiger partial charge in [0.05, 0.1) is 17.5 Å². The number of para-hydroxylation sites is 1. The second kappa shape index (κ2) is 10.6. The maximum absolute atomic E-state index is 10.9. The third-order valence-electron chi connectivity index (χ3n) is 9.32. The van der Waals surface area contributed by atoms with E-state index in [9.17, 15) is 5.11 Å². The highest BCUT2D eigenvalue weighted by atomic mass is 16.5. The number of aliphatic imine (C=N–C) groups is 1. The van der Waals surface area contributed by atoms with Gasteiger partial charge in [0.1, 0.15) is 17.6 Å². The Labute approximate surface area is 242 Å². The molecule has 41 heavy (non-hydrogen) atoms. The summed E-state index contributed by atoms with van der Waals surface area (Å²) in [6.07, 6.45) is 29.3. The molecule has 0 bridgehead atoms. The van der Waals surface area contributed by atoms with Crippen LogP contribution in [0.2, 0.25) is 0 Å². The zero-order chi connectivity index (χ0) is 27.9. The fourth-order valence-electron chi connectivity index (χ4n) is 6.93. The lowest BCUT2D eigenvalue weighted by Crippen LogP contribution is -2.41. The minimum Gasteiger partial charge on any atom is -0.507 e. The Kier molecular flexibility index (Phi) is 6.65. The van der Waals surface area contributed by atoms with Crippen LogP contribution in [0.1, 0.15) is 38.7 Å². The summed E-state index contributed by atoms with van der Waals surface area (Å²) in [5.74, 6) is 2.07. The van der Waals surface area contributed by atoms with Crippen LogP contribution < -0.4 is 0 Å². The van der Waals surface area contributed by atoms with Crippen molar-refractivity contribution in [3.05, 3.63) is 137 Å². The predicted molar refractivity (Wildman–Crippen MR) is 166 cm³/mol. The highest BCUT2D eigenvalue weighted by molar-refractivity contribution is 6.07. The molecule has 0 radical (unpaired) electrons. The van der Waals surface area contributed by atoms with Gasteiger partial charge in [-0.25, -0.2) is 0 Å². The van der Waals surface area contributed by atoms with Gasteiger partial charge in [0.25, 0.3) is 0 Å². The molecule has 1 N–H and O–H groups in total. The van der Waals surface area contributed by atoms with Crippen LogP contribution in [0.3, 0.4) is 0 Å². The Hall–Kier alpha value is -4.27. The van der Waals surface area contributed by atoms with Crippen LogP contribution in [0.5, 0.6) is 5.75 Å². The molecule has 4 heteroatoms. The van der Waals surface area contributed by atoms with Gasteiger partial charge < -0.3 is 14.7 Å². The van der Waals surface area contributed by atoms with Gasteiger partial charge in [-0.05, 0) is 66.8 Å². The maximum Gasteiger partial charge on any atom is 0.127 e. The van der Waals surface area contributed by atoms with Crippen molar-refractivity contribution in [3.63, 3.8) is 0 Å². The molecule has 0 aromatic heterocycles. The summed E-state index contributed by atoms with van der Waals surface area (Å²) < 4.78 is 6.54. The van der Waals surface area contributed by atoms with E-state index in [4.69, 9.17) is 9.73 Å². The number of phenolic OH excluding ortho intramolecular Hbond substituents is 1. The van der Waals surface area contributed by atoms with Crippen LogP contribution in [0.15, 0.2) is 136 Å². The summed E-state index contributed by atoms with van der Waals surface area (Å²) in [5.41, 5.74) is 11.0. The first-order valence-electron chi connectivity index (χ1n) is 14.9. The molecule has 0 saturated carbocycles. The molecule has 0 spiro atoms. The Morgan fingerprint density at radius 3 is 2.76 bits per heavy atom. The summed E-state index contributed by atoms with van der Waals surface area (Å²) >= 11 is 0. The van der Waals surface area contributed by atoms with E-state index in [-0.39, 0.29) is 35.6 Å². The fraction of sp³-hybridized carbons (Fsp3) is 0.297. The zero-order valence-corrected chi connectivity index (χ0v) is 23.7. The number of fused-ring (bicyclic) bond motifs is 2. The van der Waals surface area contributed by atoms with Gasteiger partial charge in [-0.2, -0.15) is 0 Å². The molecule has 7 rings (SSSR count). The highest BCUT2D eigenvalue weighted by Crippen LogP contribution is 2.43. The Morgan fingerprint density at radius 2 is 1.90 bits per heavy atom. The van der Waals surface area contributed by atoms with Crippen LogP contribution in [-0.4, -0.2) is 34.4 Å². The van der Waals surface area contributed by atoms with E-state index in [0.717, 1.165) is 54.1 Å². The van der Waals surface area contributed by atoms with E-state index in [1.165, 1.54) is 16.8 Å². The van der Waals surface area contributed by atoms with Crippen LogP contribution in [0.25, 0.3) is 5.70 Å². The van der Waals surface area contributed by atoms with Gasteiger partial charge in [-0.15, -0.1) is 5.73 Å². The minimum absolute atomic E-state index is 0.0623. The molecular formula is C37H36N2O2. The van der Waals surface area contributed by atoms with E-state index in [1.54, 1.807) is 6.07 Å². The topological polar surface area (TPSA) is 45.1 Å². The molecule has 0 fully saturated rings. The summed E-state index contributed by atoms with van der Waals surface area (Å²) in [7, 11) is 0. The number of aromatic hydroxyl groups is 1. The lowest BCUT2D eigenvalue weighted by atomic mass is 9.82. The minimum atomic E-state index is 0.0623. The molecule has 1 aromatic carbocycles. The van der Waals surface area contributed by atoms with E-state index >= 15 is 0 Å². The third-order valence-corrected chi connectivity index (χ3v) is 9.32. The molecule has 3 aliphatic carbocycles. The monoisotopic (exact) mass is 540 g/mol. The number of hydrogen-bond donors (Lipinski definition) is 1. The lowest BCUT2D eigenvalue weighted by molar-refractivity contribution is 0.159. The van der Waals surface area contributed by atoms with Gasteiger partial charge in [0.2, 0.25) is 0 Å². The summed E-state index contributed by atoms with van der Waals surface area (Å²) in [6, 6.07) is 7.60. The number of nitrogens with zero attached hydrogens (tertiary/aromatic N) is 2. The molecule has 0 amide bonds. The molecule has 3 heterocycles. The standard InChI is InChI=1S/C37H36N2O2/c1-24-25(2)37(26-12-3-4-13-26)38-31(30-16-6-9-19-34(30)40)23-33(24)39-21-11-17-29-28-15-7-10-20-35(28)41-36(29)22-27-14-5-8-18-32(27)39/h3-4,6-12,15-20,23-25,28,33,35,40H,5,14,21-22H2,1-2H3. The average molecular weight is 541 g/mol. The van der Waals surface area contributed by atoms with E-state index in [0.29, 0.717) is 0 Å².